The molecule has 0 saturated carbocycles. The molecular weight excluding hydrogens is 859 g/mol. The molecule has 6 aromatic heterocycles. The van der Waals surface area contributed by atoms with Crippen LogP contribution in [0, 0.1) is 0 Å². The van der Waals surface area contributed by atoms with Crippen LogP contribution in [0.3, 0.4) is 0 Å². The molecule has 2 saturated heterocycles. The number of carboxylic acid groups (broad SMARTS) is 1. The number of hydrogen-bond donors (Lipinski definition) is 4. The van der Waals surface area contributed by atoms with Crippen molar-refractivity contribution in [2.45, 2.75) is 38.8 Å². The average molecular weight is 908 g/mol. The molecule has 6 aromatic rings. The second kappa shape index (κ2) is 18.9. The summed E-state index contributed by atoms with van der Waals surface area (Å²) in [5.41, 5.74) is 8.72. The normalized spacial score (nSPS) is 18.5. The van der Waals surface area contributed by atoms with Gasteiger partial charge in [0.1, 0.15) is 47.1 Å². The number of ketones is 1. The molecule has 0 spiro atoms. The summed E-state index contributed by atoms with van der Waals surface area (Å²) in [5, 5.41) is 18.7. The first-order valence-corrected chi connectivity index (χ1v) is 24.4. The standard InChI is InChI=1S/C20H24N6O4S.C13H11N5O3.C6H14N2O2S/c27-16(2-1-6-25-8-10-31(28,29)11-9-25)18-15-12-26(7-4-17(15)30-24-18)20-14-3-5-21-19(14)22-13-23-20;19-13(20)10-8-5-18(4-2-9(8)21-17-10)12-7-1-3-14-11(7)15-6-16-12;7-1-2-8-3-5-11(9,10)6-4-8/h3,5,13H,1-2,4,6-12H2,(H,21,22,23);1,3,6H,2,4-5H2,(H,19,20)(H,14,15,16);1-7H2. The van der Waals surface area contributed by atoms with Gasteiger partial charge in [0, 0.05) is 95.1 Å². The zero-order valence-corrected chi connectivity index (χ0v) is 36.1. The number of aromatic amines is 2. The highest BCUT2D eigenvalue weighted by Crippen LogP contribution is 2.31. The van der Waals surface area contributed by atoms with Crippen LogP contribution < -0.4 is 15.5 Å². The van der Waals surface area contributed by atoms with Gasteiger partial charge in [0.05, 0.1) is 46.9 Å². The summed E-state index contributed by atoms with van der Waals surface area (Å²) in [6.45, 7) is 6.87. The number of hydrogen-bond acceptors (Lipinski definition) is 19. The summed E-state index contributed by atoms with van der Waals surface area (Å²) in [4.78, 5) is 55.7. The number of Topliss-reactive ketones (excluding diaryl/α,β-unsaturated/α-hetero) is 1. The van der Waals surface area contributed by atoms with Gasteiger partial charge < -0.3 is 49.5 Å². The van der Waals surface area contributed by atoms with E-state index in [2.05, 4.69) is 54.9 Å². The Bertz CT molecular complexity index is 2770. The topological polar surface area (TPSA) is 297 Å². The van der Waals surface area contributed by atoms with Gasteiger partial charge in [-0.3, -0.25) is 4.79 Å². The van der Waals surface area contributed by atoms with E-state index < -0.39 is 25.6 Å². The number of anilines is 2. The molecule has 4 aliphatic rings. The van der Waals surface area contributed by atoms with Gasteiger partial charge in [-0.2, -0.15) is 0 Å². The third kappa shape index (κ3) is 10.2. The molecule has 0 amide bonds. The summed E-state index contributed by atoms with van der Waals surface area (Å²) < 4.78 is 55.5. The van der Waals surface area contributed by atoms with Crippen LogP contribution in [0.25, 0.3) is 22.1 Å². The van der Waals surface area contributed by atoms with E-state index in [0.29, 0.717) is 113 Å². The molecule has 10 rings (SSSR count). The quantitative estimate of drug-likeness (QED) is 0.140. The fourth-order valence-corrected chi connectivity index (χ4v) is 10.7. The highest BCUT2D eigenvalue weighted by Gasteiger charge is 2.31. The second-order valence-electron chi connectivity index (χ2n) is 15.7. The van der Waals surface area contributed by atoms with E-state index in [1.165, 1.54) is 12.7 Å². The number of rotatable bonds is 10. The Kier molecular flexibility index (Phi) is 13.1. The van der Waals surface area contributed by atoms with Gasteiger partial charge in [-0.15, -0.1) is 0 Å². The lowest BCUT2D eigenvalue weighted by Gasteiger charge is -2.27. The Morgan fingerprint density at radius 1 is 0.683 bits per heavy atom. The van der Waals surface area contributed by atoms with Gasteiger partial charge in [-0.1, -0.05) is 10.3 Å². The first-order chi connectivity index (χ1) is 30.4. The van der Waals surface area contributed by atoms with Crippen LogP contribution in [0.1, 0.15) is 56.5 Å². The van der Waals surface area contributed by atoms with Crippen molar-refractivity contribution < 1.29 is 40.6 Å². The molecule has 63 heavy (non-hydrogen) atoms. The molecule has 0 radical (unpaired) electrons. The lowest BCUT2D eigenvalue weighted by atomic mass is 10.0. The number of aromatic carboxylic acids is 1. The second-order valence-corrected chi connectivity index (χ2v) is 20.3. The minimum absolute atomic E-state index is 0.0194. The van der Waals surface area contributed by atoms with Crippen molar-refractivity contribution in [2.24, 2.45) is 5.73 Å². The van der Waals surface area contributed by atoms with Crippen molar-refractivity contribution in [1.29, 1.82) is 0 Å². The van der Waals surface area contributed by atoms with Crippen LogP contribution in [0.2, 0.25) is 0 Å². The van der Waals surface area contributed by atoms with E-state index in [1.807, 2.05) is 23.2 Å². The zero-order chi connectivity index (χ0) is 44.1. The number of sulfone groups is 2. The largest absolute Gasteiger partial charge is 0.476 e. The Balaban J connectivity index is 0.000000146. The van der Waals surface area contributed by atoms with Gasteiger partial charge in [-0.25, -0.2) is 41.6 Å². The number of H-pyrrole nitrogens is 2. The maximum absolute atomic E-state index is 12.9. The van der Waals surface area contributed by atoms with E-state index in [0.717, 1.165) is 58.1 Å². The predicted octanol–water partition coefficient (Wildman–Crippen LogP) is 1.08. The summed E-state index contributed by atoms with van der Waals surface area (Å²) in [6, 6.07) is 3.86. The number of fused-ring (bicyclic) bond motifs is 4. The van der Waals surface area contributed by atoms with Crippen LogP contribution in [-0.2, 0) is 45.6 Å². The Morgan fingerprint density at radius 3 is 1.65 bits per heavy atom. The number of carbonyl (C=O) groups is 2. The number of nitrogens with zero attached hydrogens (tertiary/aromatic N) is 10. The van der Waals surface area contributed by atoms with E-state index in [4.69, 9.17) is 19.9 Å². The van der Waals surface area contributed by atoms with Crippen molar-refractivity contribution in [2.75, 3.05) is 91.7 Å². The fourth-order valence-electron chi connectivity index (χ4n) is 8.10. The molecule has 10 heterocycles. The summed E-state index contributed by atoms with van der Waals surface area (Å²) in [6.07, 6.45) is 8.96. The SMILES string of the molecule is NCCN1CCS(=O)(=O)CC1.O=C(CCCN1CCS(=O)(=O)CC1)c1noc2c1CN(c1ncnc3[nH]ccc13)CC2.O=C(O)c1noc2c1CN(c1ncnc3[nH]ccc13)CC2. The van der Waals surface area contributed by atoms with E-state index in [9.17, 15) is 26.4 Å². The number of nitrogens with two attached hydrogens (primary N) is 1. The van der Waals surface area contributed by atoms with Crippen LogP contribution in [0.5, 0.6) is 0 Å². The molecule has 4 aliphatic heterocycles. The maximum Gasteiger partial charge on any atom is 0.358 e. The van der Waals surface area contributed by atoms with Crippen molar-refractivity contribution in [3.05, 3.63) is 71.2 Å². The first kappa shape index (κ1) is 43.8. The minimum Gasteiger partial charge on any atom is -0.476 e. The van der Waals surface area contributed by atoms with Crippen LogP contribution in [-0.4, -0.2) is 166 Å². The van der Waals surface area contributed by atoms with Crippen LogP contribution in [0.15, 0.2) is 46.2 Å². The molecule has 0 bridgehead atoms. The van der Waals surface area contributed by atoms with Crippen molar-refractivity contribution >= 4 is 65.1 Å². The third-order valence-electron chi connectivity index (χ3n) is 11.6. The lowest BCUT2D eigenvalue weighted by Crippen LogP contribution is -2.42. The molecular formula is C39H49N13O9S2. The molecule has 2 fully saturated rings. The van der Waals surface area contributed by atoms with E-state index in [-0.39, 0.29) is 23.0 Å². The number of aromatic nitrogens is 8. The fraction of sp³-hybridized carbons (Fsp3) is 0.487. The van der Waals surface area contributed by atoms with Gasteiger partial charge in [0.2, 0.25) is 0 Å². The van der Waals surface area contributed by atoms with E-state index in [1.54, 1.807) is 6.20 Å². The monoisotopic (exact) mass is 907 g/mol. The average Bonchev–Trinajstić information content (AvgIpc) is 4.11. The minimum atomic E-state index is -2.89. The Labute approximate surface area is 362 Å². The van der Waals surface area contributed by atoms with Crippen molar-refractivity contribution in [3.63, 3.8) is 0 Å². The van der Waals surface area contributed by atoms with Crippen LogP contribution >= 0.6 is 0 Å². The highest BCUT2D eigenvalue weighted by molar-refractivity contribution is 7.91. The molecule has 0 unspecified atom stereocenters. The number of nitrogens with one attached hydrogen (secondary N) is 2. The summed E-state index contributed by atoms with van der Waals surface area (Å²) in [5.74, 6) is 2.90. The number of carbonyl (C=O) groups excluding carboxylic acids is 1. The Hall–Kier alpha value is -5.82. The van der Waals surface area contributed by atoms with Gasteiger partial charge in [-0.05, 0) is 25.1 Å². The molecule has 24 heteroatoms. The molecule has 0 aliphatic carbocycles. The van der Waals surface area contributed by atoms with Crippen molar-refractivity contribution in [3.8, 4) is 0 Å². The first-order valence-electron chi connectivity index (χ1n) is 20.7. The van der Waals surface area contributed by atoms with Crippen molar-refractivity contribution in [1.82, 2.24) is 50.0 Å². The summed E-state index contributed by atoms with van der Waals surface area (Å²) >= 11 is 0. The number of carboxylic acids is 1. The molecule has 22 nitrogen and oxygen atoms in total. The maximum atomic E-state index is 12.9. The van der Waals surface area contributed by atoms with E-state index >= 15 is 0 Å². The Morgan fingerprint density at radius 2 is 1.16 bits per heavy atom. The lowest BCUT2D eigenvalue weighted by molar-refractivity contribution is 0.0684. The zero-order valence-electron chi connectivity index (χ0n) is 34.5. The van der Waals surface area contributed by atoms with Gasteiger partial charge >= 0.3 is 5.97 Å². The molecule has 336 valence electrons. The van der Waals surface area contributed by atoms with Crippen LogP contribution in [0.4, 0.5) is 11.6 Å². The third-order valence-corrected chi connectivity index (χ3v) is 14.8. The molecule has 5 N–H and O–H groups in total. The van der Waals surface area contributed by atoms with Gasteiger partial charge in [0.15, 0.2) is 36.8 Å². The van der Waals surface area contributed by atoms with Gasteiger partial charge in [0.25, 0.3) is 0 Å². The summed E-state index contributed by atoms with van der Waals surface area (Å²) in [7, 11) is -5.60. The molecule has 0 aromatic carbocycles. The predicted molar refractivity (Wildman–Crippen MR) is 230 cm³/mol. The molecule has 0 atom stereocenters. The smallest absolute Gasteiger partial charge is 0.358 e. The highest BCUT2D eigenvalue weighted by atomic mass is 32.2.